The summed E-state index contributed by atoms with van der Waals surface area (Å²) in [7, 11) is 0. The van der Waals surface area contributed by atoms with E-state index in [-0.39, 0.29) is 0 Å². The Morgan fingerprint density at radius 2 is 2.14 bits per heavy atom. The number of fused-ring (bicyclic) bond motifs is 1. The molecule has 1 aliphatic carbocycles. The van der Waals surface area contributed by atoms with Gasteiger partial charge in [-0.1, -0.05) is 37.1 Å². The Kier molecular flexibility index (Phi) is 2.56. The summed E-state index contributed by atoms with van der Waals surface area (Å²) in [5.74, 6) is 3.28. The minimum atomic E-state index is 0.456. The number of terminal acetylenes is 1. The van der Waals surface area contributed by atoms with E-state index >= 15 is 0 Å². The minimum absolute atomic E-state index is 0.456. The zero-order valence-electron chi connectivity index (χ0n) is 8.46. The fourth-order valence-electron chi connectivity index (χ4n) is 2.26. The Hall–Kier alpha value is -1.26. The Bertz CT molecular complexity index is 362. The first-order chi connectivity index (χ1) is 6.83. The predicted octanol–water partition coefficient (Wildman–Crippen LogP) is 2.46. The molecule has 2 rings (SSSR count). The van der Waals surface area contributed by atoms with Crippen LogP contribution < -0.4 is 5.32 Å². The van der Waals surface area contributed by atoms with Gasteiger partial charge in [0.1, 0.15) is 0 Å². The van der Waals surface area contributed by atoms with E-state index in [2.05, 4.69) is 42.4 Å². The van der Waals surface area contributed by atoms with Crippen molar-refractivity contribution >= 4 is 0 Å². The van der Waals surface area contributed by atoms with Gasteiger partial charge in [0.25, 0.3) is 0 Å². The molecule has 0 fully saturated rings. The fraction of sp³-hybridized carbons (Fsp3) is 0.385. The Labute approximate surface area is 85.5 Å². The molecule has 0 heterocycles. The van der Waals surface area contributed by atoms with Gasteiger partial charge in [0.15, 0.2) is 0 Å². The third kappa shape index (κ3) is 1.54. The zero-order valence-corrected chi connectivity index (χ0v) is 8.46. The molecule has 0 radical (unpaired) electrons. The number of hydrogen-bond acceptors (Lipinski definition) is 1. The molecule has 0 aliphatic heterocycles. The molecule has 1 heteroatoms. The highest BCUT2D eigenvalue weighted by Crippen LogP contribution is 2.39. The molecular weight excluding hydrogens is 170 g/mol. The number of hydrogen-bond donors (Lipinski definition) is 1. The number of nitrogens with one attached hydrogen (secondary N) is 1. The van der Waals surface area contributed by atoms with E-state index in [9.17, 15) is 0 Å². The molecule has 1 aliphatic rings. The van der Waals surface area contributed by atoms with Crippen LogP contribution >= 0.6 is 0 Å². The summed E-state index contributed by atoms with van der Waals surface area (Å²) in [5.41, 5.74) is 2.90. The van der Waals surface area contributed by atoms with E-state index in [4.69, 9.17) is 6.42 Å². The minimum Gasteiger partial charge on any atom is -0.299 e. The third-order valence-corrected chi connectivity index (χ3v) is 2.94. The fourth-order valence-corrected chi connectivity index (χ4v) is 2.26. The van der Waals surface area contributed by atoms with Gasteiger partial charge in [-0.2, -0.15) is 0 Å². The first kappa shape index (κ1) is 9.30. The second-order valence-electron chi connectivity index (χ2n) is 3.90. The summed E-state index contributed by atoms with van der Waals surface area (Å²) in [5, 5.41) is 3.38. The summed E-state index contributed by atoms with van der Waals surface area (Å²) in [4.78, 5) is 0. The van der Waals surface area contributed by atoms with Crippen molar-refractivity contribution in [1.29, 1.82) is 0 Å². The van der Waals surface area contributed by atoms with Gasteiger partial charge in [0.05, 0.1) is 6.54 Å². The average Bonchev–Trinajstić information content (AvgIpc) is 2.54. The maximum absolute atomic E-state index is 5.25. The second-order valence-corrected chi connectivity index (χ2v) is 3.90. The predicted molar refractivity (Wildman–Crippen MR) is 59.1 cm³/mol. The molecule has 0 aromatic heterocycles. The van der Waals surface area contributed by atoms with Gasteiger partial charge in [-0.15, -0.1) is 6.42 Å². The van der Waals surface area contributed by atoms with Crippen LogP contribution in [0, 0.1) is 12.3 Å². The molecule has 1 aromatic rings. The van der Waals surface area contributed by atoms with E-state index < -0.39 is 0 Å². The summed E-state index contributed by atoms with van der Waals surface area (Å²) < 4.78 is 0. The van der Waals surface area contributed by atoms with Crippen LogP contribution in [0.2, 0.25) is 0 Å². The highest BCUT2D eigenvalue weighted by molar-refractivity contribution is 5.37. The van der Waals surface area contributed by atoms with Gasteiger partial charge in [0.2, 0.25) is 0 Å². The molecule has 0 bridgehead atoms. The van der Waals surface area contributed by atoms with Crippen LogP contribution in [0.15, 0.2) is 24.3 Å². The van der Waals surface area contributed by atoms with Gasteiger partial charge in [-0.3, -0.25) is 5.32 Å². The first-order valence-corrected chi connectivity index (χ1v) is 5.08. The van der Waals surface area contributed by atoms with Gasteiger partial charge >= 0.3 is 0 Å². The molecule has 1 aromatic carbocycles. The van der Waals surface area contributed by atoms with Gasteiger partial charge in [-0.05, 0) is 23.5 Å². The summed E-state index contributed by atoms with van der Waals surface area (Å²) in [6, 6.07) is 9.09. The van der Waals surface area contributed by atoms with E-state index in [1.807, 2.05) is 0 Å². The largest absolute Gasteiger partial charge is 0.299 e. The Balaban J connectivity index is 2.22. The van der Waals surface area contributed by atoms with Crippen LogP contribution in [0.1, 0.15) is 36.4 Å². The smallest absolute Gasteiger partial charge is 0.0578 e. The molecule has 0 spiro atoms. The zero-order chi connectivity index (χ0) is 9.97. The molecule has 14 heavy (non-hydrogen) atoms. The van der Waals surface area contributed by atoms with E-state index in [1.165, 1.54) is 17.5 Å². The highest BCUT2D eigenvalue weighted by atomic mass is 14.9. The molecule has 72 valence electrons. The van der Waals surface area contributed by atoms with Crippen LogP contribution in [0.4, 0.5) is 0 Å². The van der Waals surface area contributed by atoms with Crippen molar-refractivity contribution in [1.82, 2.24) is 5.32 Å². The molecule has 2 unspecified atom stereocenters. The Morgan fingerprint density at radius 1 is 1.43 bits per heavy atom. The second kappa shape index (κ2) is 3.86. The molecule has 1 nitrogen and oxygen atoms in total. The van der Waals surface area contributed by atoms with Gasteiger partial charge in [-0.25, -0.2) is 0 Å². The summed E-state index contributed by atoms with van der Waals surface area (Å²) >= 11 is 0. The van der Waals surface area contributed by atoms with Crippen molar-refractivity contribution in [3.05, 3.63) is 35.4 Å². The third-order valence-electron chi connectivity index (χ3n) is 2.94. The lowest BCUT2D eigenvalue weighted by Crippen LogP contribution is -2.19. The highest BCUT2D eigenvalue weighted by Gasteiger charge is 2.26. The molecule has 0 saturated carbocycles. The lowest BCUT2D eigenvalue weighted by atomic mass is 10.0. The molecule has 0 amide bonds. The van der Waals surface area contributed by atoms with Crippen molar-refractivity contribution < 1.29 is 0 Å². The topological polar surface area (TPSA) is 12.0 Å². The van der Waals surface area contributed by atoms with Crippen LogP contribution in [0.5, 0.6) is 0 Å². The molecular formula is C13H15N. The monoisotopic (exact) mass is 185 g/mol. The van der Waals surface area contributed by atoms with E-state index in [0.29, 0.717) is 18.5 Å². The maximum Gasteiger partial charge on any atom is 0.0578 e. The van der Waals surface area contributed by atoms with Crippen molar-refractivity contribution in [2.45, 2.75) is 25.3 Å². The first-order valence-electron chi connectivity index (χ1n) is 5.08. The van der Waals surface area contributed by atoms with Crippen LogP contribution in [0.25, 0.3) is 0 Å². The van der Waals surface area contributed by atoms with Crippen LogP contribution in [-0.2, 0) is 0 Å². The average molecular weight is 185 g/mol. The molecule has 1 N–H and O–H groups in total. The molecule has 0 saturated heterocycles. The summed E-state index contributed by atoms with van der Waals surface area (Å²) in [6.45, 7) is 2.93. The maximum atomic E-state index is 5.25. The lowest BCUT2D eigenvalue weighted by molar-refractivity contribution is 0.536. The van der Waals surface area contributed by atoms with Gasteiger partial charge < -0.3 is 0 Å². The summed E-state index contributed by atoms with van der Waals surface area (Å²) in [6.07, 6.45) is 6.42. The van der Waals surface area contributed by atoms with Crippen LogP contribution in [0.3, 0.4) is 0 Å². The van der Waals surface area contributed by atoms with Crippen LogP contribution in [-0.4, -0.2) is 6.54 Å². The normalized spacial score (nSPS) is 24.3. The van der Waals surface area contributed by atoms with E-state index in [1.54, 1.807) is 0 Å². The van der Waals surface area contributed by atoms with Crippen molar-refractivity contribution in [3.8, 4) is 12.3 Å². The van der Waals surface area contributed by atoms with Crippen molar-refractivity contribution in [3.63, 3.8) is 0 Å². The quantitative estimate of drug-likeness (QED) is 0.698. The Morgan fingerprint density at radius 3 is 2.86 bits per heavy atom. The SMILES string of the molecule is C#CCNC1CC(C)c2ccccc21. The van der Waals surface area contributed by atoms with Gasteiger partial charge in [0, 0.05) is 6.04 Å². The van der Waals surface area contributed by atoms with Crippen molar-refractivity contribution in [2.24, 2.45) is 0 Å². The molecule has 2 atom stereocenters. The standard InChI is InChI=1S/C13H15N/c1-3-8-14-13-9-10(2)11-6-4-5-7-12(11)13/h1,4-7,10,13-14H,8-9H2,2H3. The number of benzene rings is 1. The van der Waals surface area contributed by atoms with Crippen molar-refractivity contribution in [2.75, 3.05) is 6.54 Å². The number of rotatable bonds is 2. The lowest BCUT2D eigenvalue weighted by Gasteiger charge is -2.11. The van der Waals surface area contributed by atoms with E-state index in [0.717, 1.165) is 0 Å².